The second kappa shape index (κ2) is 6.35. The first-order valence-electron chi connectivity index (χ1n) is 7.49. The maximum Gasteiger partial charge on any atom is 0.156 e. The molecule has 1 aliphatic heterocycles. The van der Waals surface area contributed by atoms with Crippen LogP contribution in [-0.2, 0) is 11.2 Å². The van der Waals surface area contributed by atoms with Gasteiger partial charge in [-0.3, -0.25) is 9.69 Å². The summed E-state index contributed by atoms with van der Waals surface area (Å²) in [5, 5.41) is 0. The highest BCUT2D eigenvalue weighted by Crippen LogP contribution is 2.22. The number of anilines is 1. The predicted octanol–water partition coefficient (Wildman–Crippen LogP) is 2.43. The smallest absolute Gasteiger partial charge is 0.156 e. The van der Waals surface area contributed by atoms with Gasteiger partial charge < -0.3 is 5.73 Å². The van der Waals surface area contributed by atoms with Gasteiger partial charge in [0, 0.05) is 12.6 Å². The lowest BCUT2D eigenvalue weighted by Crippen LogP contribution is -2.51. The Balaban J connectivity index is 2.05. The van der Waals surface area contributed by atoms with Gasteiger partial charge in [0.05, 0.1) is 5.54 Å². The summed E-state index contributed by atoms with van der Waals surface area (Å²) in [6.45, 7) is 6.14. The molecular weight excluding hydrogens is 250 g/mol. The summed E-state index contributed by atoms with van der Waals surface area (Å²) in [6.07, 6.45) is 7.04. The van der Waals surface area contributed by atoms with E-state index in [1.165, 1.54) is 25.7 Å². The Morgan fingerprint density at radius 3 is 2.55 bits per heavy atom. The molecule has 1 saturated heterocycles. The van der Waals surface area contributed by atoms with E-state index in [1.807, 2.05) is 19.9 Å². The summed E-state index contributed by atoms with van der Waals surface area (Å²) in [5.41, 5.74) is 6.22. The molecule has 1 aliphatic rings. The van der Waals surface area contributed by atoms with Crippen LogP contribution in [0.15, 0.2) is 18.3 Å². The van der Waals surface area contributed by atoms with Gasteiger partial charge in [-0.2, -0.15) is 0 Å². The average molecular weight is 275 g/mol. The van der Waals surface area contributed by atoms with Crippen molar-refractivity contribution in [3.63, 3.8) is 0 Å². The van der Waals surface area contributed by atoms with Gasteiger partial charge in [0.25, 0.3) is 0 Å². The minimum absolute atomic E-state index is 0.255. The Labute approximate surface area is 121 Å². The highest BCUT2D eigenvalue weighted by molar-refractivity contribution is 5.89. The second-order valence-electron chi connectivity index (χ2n) is 6.15. The third kappa shape index (κ3) is 3.57. The van der Waals surface area contributed by atoms with Gasteiger partial charge in [-0.25, -0.2) is 4.98 Å². The Bertz CT molecular complexity index is 463. The fourth-order valence-electron chi connectivity index (χ4n) is 2.81. The van der Waals surface area contributed by atoms with Crippen molar-refractivity contribution in [2.24, 2.45) is 0 Å². The van der Waals surface area contributed by atoms with Crippen LogP contribution in [0.4, 0.5) is 5.82 Å². The number of aromatic nitrogens is 1. The van der Waals surface area contributed by atoms with Gasteiger partial charge in [0.2, 0.25) is 0 Å². The third-order valence-corrected chi connectivity index (χ3v) is 4.29. The van der Waals surface area contributed by atoms with Crippen molar-refractivity contribution in [1.82, 2.24) is 9.88 Å². The van der Waals surface area contributed by atoms with E-state index < -0.39 is 5.54 Å². The van der Waals surface area contributed by atoms with Crippen molar-refractivity contribution >= 4 is 11.6 Å². The number of likely N-dealkylation sites (tertiary alicyclic amines) is 1. The molecule has 110 valence electrons. The minimum atomic E-state index is -0.400. The minimum Gasteiger partial charge on any atom is -0.384 e. The molecule has 0 bridgehead atoms. The van der Waals surface area contributed by atoms with Gasteiger partial charge in [-0.05, 0) is 57.5 Å². The number of nitrogen functional groups attached to an aromatic ring is 1. The zero-order valence-corrected chi connectivity index (χ0v) is 12.6. The summed E-state index contributed by atoms with van der Waals surface area (Å²) in [4.78, 5) is 19.0. The number of carbonyl (C=O) groups is 1. The zero-order valence-electron chi connectivity index (χ0n) is 12.6. The molecule has 0 atom stereocenters. The van der Waals surface area contributed by atoms with E-state index >= 15 is 0 Å². The van der Waals surface area contributed by atoms with Crippen LogP contribution in [0.5, 0.6) is 0 Å². The molecule has 0 radical (unpaired) electrons. The number of carbonyl (C=O) groups excluding carboxylic acids is 1. The fraction of sp³-hybridized carbons (Fsp3) is 0.625. The molecule has 1 fully saturated rings. The van der Waals surface area contributed by atoms with E-state index in [-0.39, 0.29) is 5.78 Å². The molecule has 4 heteroatoms. The van der Waals surface area contributed by atoms with Gasteiger partial charge in [0.1, 0.15) is 5.82 Å². The Morgan fingerprint density at radius 1 is 1.30 bits per heavy atom. The van der Waals surface area contributed by atoms with E-state index in [0.29, 0.717) is 12.2 Å². The van der Waals surface area contributed by atoms with Crippen molar-refractivity contribution in [1.29, 1.82) is 0 Å². The van der Waals surface area contributed by atoms with Crippen LogP contribution < -0.4 is 5.73 Å². The van der Waals surface area contributed by atoms with Gasteiger partial charge in [0.15, 0.2) is 5.78 Å². The van der Waals surface area contributed by atoms with Crippen LogP contribution >= 0.6 is 0 Å². The summed E-state index contributed by atoms with van der Waals surface area (Å²) in [5.74, 6) is 0.730. The highest BCUT2D eigenvalue weighted by Gasteiger charge is 2.34. The van der Waals surface area contributed by atoms with E-state index in [9.17, 15) is 4.79 Å². The summed E-state index contributed by atoms with van der Waals surface area (Å²) < 4.78 is 0. The van der Waals surface area contributed by atoms with Crippen molar-refractivity contribution in [3.8, 4) is 0 Å². The van der Waals surface area contributed by atoms with Crippen molar-refractivity contribution < 1.29 is 4.79 Å². The summed E-state index contributed by atoms with van der Waals surface area (Å²) in [6, 6.07) is 3.66. The first kappa shape index (κ1) is 15.0. The third-order valence-electron chi connectivity index (χ3n) is 4.29. The summed E-state index contributed by atoms with van der Waals surface area (Å²) in [7, 11) is 0. The lowest BCUT2D eigenvalue weighted by atomic mass is 9.91. The van der Waals surface area contributed by atoms with Crippen molar-refractivity contribution in [3.05, 3.63) is 23.9 Å². The highest BCUT2D eigenvalue weighted by atomic mass is 16.1. The SMILES string of the molecule is CC(C)(C(=O)Cc1ccnc(N)c1)N1CCCCCC1. The zero-order chi connectivity index (χ0) is 14.6. The first-order valence-corrected chi connectivity index (χ1v) is 7.49. The average Bonchev–Trinajstić information content (AvgIpc) is 2.67. The maximum atomic E-state index is 12.7. The van der Waals surface area contributed by atoms with Crippen LogP contribution in [0.3, 0.4) is 0 Å². The Hall–Kier alpha value is -1.42. The molecule has 0 amide bonds. The topological polar surface area (TPSA) is 59.2 Å². The van der Waals surface area contributed by atoms with E-state index in [4.69, 9.17) is 5.73 Å². The van der Waals surface area contributed by atoms with E-state index in [1.54, 1.807) is 12.3 Å². The molecular formula is C16H25N3O. The number of hydrogen-bond acceptors (Lipinski definition) is 4. The maximum absolute atomic E-state index is 12.7. The molecule has 1 aromatic rings. The number of hydrogen-bond donors (Lipinski definition) is 1. The quantitative estimate of drug-likeness (QED) is 0.917. The van der Waals surface area contributed by atoms with Gasteiger partial charge in [-0.1, -0.05) is 12.8 Å². The van der Waals surface area contributed by atoms with E-state index in [2.05, 4.69) is 9.88 Å². The fourth-order valence-corrected chi connectivity index (χ4v) is 2.81. The molecule has 4 nitrogen and oxygen atoms in total. The van der Waals surface area contributed by atoms with Crippen molar-refractivity contribution in [2.75, 3.05) is 18.8 Å². The number of pyridine rings is 1. The van der Waals surface area contributed by atoms with Crippen LogP contribution in [0.25, 0.3) is 0 Å². The number of rotatable bonds is 4. The molecule has 20 heavy (non-hydrogen) atoms. The molecule has 2 N–H and O–H groups in total. The normalized spacial score (nSPS) is 17.7. The predicted molar refractivity (Wildman–Crippen MR) is 81.5 cm³/mol. The van der Waals surface area contributed by atoms with E-state index in [0.717, 1.165) is 18.7 Å². The number of Topliss-reactive ketones (excluding diaryl/α,β-unsaturated/α-hetero) is 1. The van der Waals surface area contributed by atoms with Crippen LogP contribution in [0, 0.1) is 0 Å². The van der Waals surface area contributed by atoms with Crippen LogP contribution in [0.2, 0.25) is 0 Å². The van der Waals surface area contributed by atoms with Crippen LogP contribution in [-0.4, -0.2) is 34.3 Å². The number of nitrogens with two attached hydrogens (primary N) is 1. The monoisotopic (exact) mass is 275 g/mol. The Morgan fingerprint density at radius 2 is 1.95 bits per heavy atom. The molecule has 0 aliphatic carbocycles. The molecule has 1 aromatic heterocycles. The molecule has 2 rings (SSSR count). The van der Waals surface area contributed by atoms with Crippen molar-refractivity contribution in [2.45, 2.75) is 51.5 Å². The second-order valence-corrected chi connectivity index (χ2v) is 6.15. The first-order chi connectivity index (χ1) is 9.50. The standard InChI is InChI=1S/C16H25N3O/c1-16(2,19-9-5-3-4-6-10-19)14(20)11-13-7-8-18-15(17)12-13/h7-8,12H,3-6,9-11H2,1-2H3,(H2,17,18). The number of nitrogens with zero attached hydrogens (tertiary/aromatic N) is 2. The van der Waals surface area contributed by atoms with Gasteiger partial charge in [-0.15, -0.1) is 0 Å². The number of ketones is 1. The van der Waals surface area contributed by atoms with Gasteiger partial charge >= 0.3 is 0 Å². The molecule has 0 spiro atoms. The lowest BCUT2D eigenvalue weighted by Gasteiger charge is -2.36. The molecule has 0 saturated carbocycles. The van der Waals surface area contributed by atoms with Crippen LogP contribution in [0.1, 0.15) is 45.1 Å². The molecule has 0 unspecified atom stereocenters. The lowest BCUT2D eigenvalue weighted by molar-refractivity contribution is -0.128. The Kier molecular flexibility index (Phi) is 4.76. The largest absolute Gasteiger partial charge is 0.384 e. The molecule has 0 aromatic carbocycles. The summed E-state index contributed by atoms with van der Waals surface area (Å²) >= 11 is 0. The molecule has 2 heterocycles.